The van der Waals surface area contributed by atoms with Gasteiger partial charge in [-0.1, -0.05) is 24.3 Å². The Bertz CT molecular complexity index is 627. The molecule has 0 spiro atoms. The third-order valence-electron chi connectivity index (χ3n) is 3.93. The normalized spacial score (nSPS) is 19.5. The number of likely N-dealkylation sites (tertiary alicyclic amines) is 1. The van der Waals surface area contributed by atoms with E-state index in [1.165, 1.54) is 0 Å². The van der Waals surface area contributed by atoms with E-state index in [1.807, 2.05) is 24.3 Å². The number of aromatic nitrogens is 1. The highest BCUT2D eigenvalue weighted by atomic mass is 16.4. The predicted octanol–water partition coefficient (Wildman–Crippen LogP) is 2.67. The second-order valence-electron chi connectivity index (χ2n) is 5.36. The molecule has 1 atom stereocenters. The van der Waals surface area contributed by atoms with Crippen LogP contribution in [0.25, 0.3) is 10.9 Å². The number of aliphatic carboxylic acids is 1. The fourth-order valence-electron chi connectivity index (χ4n) is 2.94. The molecule has 1 aromatic heterocycles. The number of carboxylic acids is 1. The molecule has 104 valence electrons. The first kappa shape index (κ1) is 13.1. The topological polar surface area (TPSA) is 53.4 Å². The molecule has 0 radical (unpaired) electrons. The van der Waals surface area contributed by atoms with Gasteiger partial charge in [0.1, 0.15) is 0 Å². The minimum Gasteiger partial charge on any atom is -0.481 e. The van der Waals surface area contributed by atoms with Gasteiger partial charge in [-0.3, -0.25) is 14.7 Å². The second kappa shape index (κ2) is 5.59. The third-order valence-corrected chi connectivity index (χ3v) is 3.93. The van der Waals surface area contributed by atoms with Gasteiger partial charge >= 0.3 is 5.97 Å². The lowest BCUT2D eigenvalue weighted by Gasteiger charge is -2.22. The maximum Gasteiger partial charge on any atom is 0.304 e. The van der Waals surface area contributed by atoms with E-state index in [0.29, 0.717) is 0 Å². The summed E-state index contributed by atoms with van der Waals surface area (Å²) in [4.78, 5) is 17.8. The van der Waals surface area contributed by atoms with Crippen molar-refractivity contribution in [1.82, 2.24) is 9.88 Å². The number of nitrogens with zero attached hydrogens (tertiary/aromatic N) is 2. The first-order chi connectivity index (χ1) is 9.72. The van der Waals surface area contributed by atoms with Gasteiger partial charge in [-0.2, -0.15) is 0 Å². The molecular weight excluding hydrogens is 252 g/mol. The van der Waals surface area contributed by atoms with Crippen LogP contribution in [0.5, 0.6) is 0 Å². The van der Waals surface area contributed by atoms with Crippen molar-refractivity contribution in [2.24, 2.45) is 0 Å². The van der Waals surface area contributed by atoms with E-state index < -0.39 is 5.97 Å². The molecule has 4 nitrogen and oxygen atoms in total. The van der Waals surface area contributed by atoms with Crippen LogP contribution in [0.4, 0.5) is 0 Å². The smallest absolute Gasteiger partial charge is 0.304 e. The van der Waals surface area contributed by atoms with Gasteiger partial charge in [-0.15, -0.1) is 0 Å². The van der Waals surface area contributed by atoms with E-state index in [0.717, 1.165) is 42.5 Å². The lowest BCUT2D eigenvalue weighted by molar-refractivity contribution is -0.138. The maximum absolute atomic E-state index is 10.9. The molecule has 0 amide bonds. The highest BCUT2D eigenvalue weighted by molar-refractivity contribution is 5.78. The lowest BCUT2D eigenvalue weighted by Crippen LogP contribution is -2.31. The average molecular weight is 270 g/mol. The van der Waals surface area contributed by atoms with Crippen molar-refractivity contribution in [3.8, 4) is 0 Å². The summed E-state index contributed by atoms with van der Waals surface area (Å²) in [5.41, 5.74) is 2.01. The Morgan fingerprint density at radius 1 is 1.30 bits per heavy atom. The number of benzene rings is 1. The number of carboxylic acid groups (broad SMARTS) is 1. The molecule has 1 aliphatic rings. The number of rotatable bonds is 4. The average Bonchev–Trinajstić information content (AvgIpc) is 2.85. The summed E-state index contributed by atoms with van der Waals surface area (Å²) in [6, 6.07) is 12.3. The molecule has 0 saturated carbocycles. The Morgan fingerprint density at radius 2 is 2.15 bits per heavy atom. The molecule has 4 heteroatoms. The van der Waals surface area contributed by atoms with Gasteiger partial charge in [-0.25, -0.2) is 0 Å². The zero-order valence-corrected chi connectivity index (χ0v) is 11.3. The number of pyridine rings is 1. The third kappa shape index (κ3) is 2.80. The highest BCUT2D eigenvalue weighted by Gasteiger charge is 2.26. The van der Waals surface area contributed by atoms with E-state index in [9.17, 15) is 4.79 Å². The molecular formula is C16H18N2O2. The quantitative estimate of drug-likeness (QED) is 0.928. The van der Waals surface area contributed by atoms with Crippen LogP contribution in [-0.4, -0.2) is 33.5 Å². The van der Waals surface area contributed by atoms with Gasteiger partial charge in [0, 0.05) is 18.0 Å². The largest absolute Gasteiger partial charge is 0.481 e. The molecule has 2 aromatic rings. The fourth-order valence-corrected chi connectivity index (χ4v) is 2.94. The summed E-state index contributed by atoms with van der Waals surface area (Å²) in [5, 5.41) is 10.1. The second-order valence-corrected chi connectivity index (χ2v) is 5.36. The van der Waals surface area contributed by atoms with Gasteiger partial charge in [0.2, 0.25) is 0 Å². The molecule has 0 aliphatic carbocycles. The SMILES string of the molecule is O=C(O)CC1CCCN1Cc1ccc2ccccc2n1. The van der Waals surface area contributed by atoms with Crippen LogP contribution in [0.15, 0.2) is 36.4 Å². The summed E-state index contributed by atoms with van der Waals surface area (Å²) in [6.07, 6.45) is 2.28. The van der Waals surface area contributed by atoms with Gasteiger partial charge in [-0.05, 0) is 31.5 Å². The standard InChI is InChI=1S/C16H18N2O2/c19-16(20)10-14-5-3-9-18(14)11-13-8-7-12-4-1-2-6-15(12)17-13/h1-2,4,6-8,14H,3,5,9-11H2,(H,19,20). The van der Waals surface area contributed by atoms with Crippen LogP contribution in [0.1, 0.15) is 25.0 Å². The van der Waals surface area contributed by atoms with Crippen molar-refractivity contribution >= 4 is 16.9 Å². The van der Waals surface area contributed by atoms with E-state index in [4.69, 9.17) is 5.11 Å². The van der Waals surface area contributed by atoms with Crippen LogP contribution in [0.3, 0.4) is 0 Å². The van der Waals surface area contributed by atoms with Gasteiger partial charge in [0.05, 0.1) is 17.6 Å². The van der Waals surface area contributed by atoms with E-state index in [1.54, 1.807) is 0 Å². The van der Waals surface area contributed by atoms with Gasteiger partial charge in [0.25, 0.3) is 0 Å². The Balaban J connectivity index is 1.76. The number of fused-ring (bicyclic) bond motifs is 1. The summed E-state index contributed by atoms with van der Waals surface area (Å²) in [6.45, 7) is 1.70. The molecule has 2 heterocycles. The van der Waals surface area contributed by atoms with Crippen LogP contribution >= 0.6 is 0 Å². The Morgan fingerprint density at radius 3 is 3.00 bits per heavy atom. The van der Waals surface area contributed by atoms with Crippen LogP contribution in [-0.2, 0) is 11.3 Å². The number of hydrogen-bond donors (Lipinski definition) is 1. The van der Waals surface area contributed by atoms with E-state index in [2.05, 4.69) is 22.0 Å². The summed E-state index contributed by atoms with van der Waals surface area (Å²) in [7, 11) is 0. The van der Waals surface area contributed by atoms with Crippen molar-refractivity contribution in [1.29, 1.82) is 0 Å². The molecule has 3 rings (SSSR count). The number of para-hydroxylation sites is 1. The zero-order chi connectivity index (χ0) is 13.9. The van der Waals surface area contributed by atoms with Gasteiger partial charge < -0.3 is 5.11 Å². The minimum absolute atomic E-state index is 0.153. The molecule has 1 unspecified atom stereocenters. The zero-order valence-electron chi connectivity index (χ0n) is 11.3. The van der Waals surface area contributed by atoms with Crippen molar-refractivity contribution in [3.05, 3.63) is 42.1 Å². The van der Waals surface area contributed by atoms with Crippen molar-refractivity contribution in [2.45, 2.75) is 31.8 Å². The summed E-state index contributed by atoms with van der Waals surface area (Å²) < 4.78 is 0. The molecule has 1 aliphatic heterocycles. The Hall–Kier alpha value is -1.94. The summed E-state index contributed by atoms with van der Waals surface area (Å²) in [5.74, 6) is -0.714. The molecule has 1 N–H and O–H groups in total. The molecule has 1 fully saturated rings. The number of carbonyl (C=O) groups is 1. The molecule has 20 heavy (non-hydrogen) atoms. The van der Waals surface area contributed by atoms with Crippen molar-refractivity contribution < 1.29 is 9.90 Å². The molecule has 0 bridgehead atoms. The van der Waals surface area contributed by atoms with Crippen LogP contribution in [0, 0.1) is 0 Å². The van der Waals surface area contributed by atoms with Crippen molar-refractivity contribution in [2.75, 3.05) is 6.54 Å². The molecule has 1 saturated heterocycles. The lowest BCUT2D eigenvalue weighted by atomic mass is 10.1. The van der Waals surface area contributed by atoms with E-state index in [-0.39, 0.29) is 12.5 Å². The number of hydrogen-bond acceptors (Lipinski definition) is 3. The highest BCUT2D eigenvalue weighted by Crippen LogP contribution is 2.22. The minimum atomic E-state index is -0.714. The summed E-state index contributed by atoms with van der Waals surface area (Å²) >= 11 is 0. The Labute approximate surface area is 118 Å². The fraction of sp³-hybridized carbons (Fsp3) is 0.375. The maximum atomic E-state index is 10.9. The predicted molar refractivity (Wildman–Crippen MR) is 77.4 cm³/mol. The molecule has 1 aromatic carbocycles. The first-order valence-electron chi connectivity index (χ1n) is 7.03. The van der Waals surface area contributed by atoms with Gasteiger partial charge in [0.15, 0.2) is 0 Å². The van der Waals surface area contributed by atoms with E-state index >= 15 is 0 Å². The van der Waals surface area contributed by atoms with Crippen LogP contribution in [0.2, 0.25) is 0 Å². The van der Waals surface area contributed by atoms with Crippen molar-refractivity contribution in [3.63, 3.8) is 0 Å². The first-order valence-corrected chi connectivity index (χ1v) is 7.03. The monoisotopic (exact) mass is 270 g/mol. The Kier molecular flexibility index (Phi) is 3.65. The van der Waals surface area contributed by atoms with Crippen LogP contribution < -0.4 is 0 Å².